The van der Waals surface area contributed by atoms with E-state index >= 15 is 0 Å². The van der Waals surface area contributed by atoms with Crippen LogP contribution in [0.4, 0.5) is 13.2 Å². The van der Waals surface area contributed by atoms with Crippen LogP contribution in [0.5, 0.6) is 0 Å². The summed E-state index contributed by atoms with van der Waals surface area (Å²) >= 11 is 3.47. The maximum Gasteiger partial charge on any atom is 0.416 e. The SMILES string of the molecule is C=C1C=CC(c2nc3cc(C(F)(F)F)ccc3n2C2CC2)=CC(Br)=C1. The first-order valence-corrected chi connectivity index (χ1v) is 8.68. The fourth-order valence-corrected chi connectivity index (χ4v) is 3.52. The van der Waals surface area contributed by atoms with Crippen LogP contribution in [-0.2, 0) is 6.18 Å². The van der Waals surface area contributed by atoms with Gasteiger partial charge in [0.05, 0.1) is 16.6 Å². The van der Waals surface area contributed by atoms with Crippen LogP contribution in [0, 0.1) is 0 Å². The van der Waals surface area contributed by atoms with Crippen molar-refractivity contribution in [3.05, 3.63) is 70.5 Å². The summed E-state index contributed by atoms with van der Waals surface area (Å²) in [5.41, 5.74) is 2.12. The number of benzene rings is 1. The molecule has 128 valence electrons. The first-order valence-electron chi connectivity index (χ1n) is 7.88. The zero-order valence-electron chi connectivity index (χ0n) is 13.1. The van der Waals surface area contributed by atoms with Gasteiger partial charge in [-0.3, -0.25) is 0 Å². The molecule has 25 heavy (non-hydrogen) atoms. The lowest BCUT2D eigenvalue weighted by atomic mass is 10.2. The zero-order chi connectivity index (χ0) is 17.8. The third-order valence-electron chi connectivity index (χ3n) is 4.28. The quantitative estimate of drug-likeness (QED) is 0.582. The summed E-state index contributed by atoms with van der Waals surface area (Å²) in [4.78, 5) is 4.54. The van der Waals surface area contributed by atoms with Crippen LogP contribution in [-0.4, -0.2) is 9.55 Å². The number of hydrogen-bond acceptors (Lipinski definition) is 1. The van der Waals surface area contributed by atoms with Gasteiger partial charge in [0.2, 0.25) is 0 Å². The Bertz CT molecular complexity index is 972. The zero-order valence-corrected chi connectivity index (χ0v) is 14.7. The van der Waals surface area contributed by atoms with Gasteiger partial charge in [-0.2, -0.15) is 13.2 Å². The molecule has 0 bridgehead atoms. The molecule has 0 amide bonds. The molecular weight excluding hydrogens is 393 g/mol. The van der Waals surface area contributed by atoms with Gasteiger partial charge in [0.25, 0.3) is 0 Å². The number of aromatic nitrogens is 2. The highest BCUT2D eigenvalue weighted by atomic mass is 79.9. The molecule has 6 heteroatoms. The average Bonchev–Trinajstić information content (AvgIpc) is 3.31. The highest BCUT2D eigenvalue weighted by Crippen LogP contribution is 2.42. The van der Waals surface area contributed by atoms with Crippen molar-refractivity contribution in [2.75, 3.05) is 0 Å². The van der Waals surface area contributed by atoms with E-state index in [1.807, 2.05) is 24.3 Å². The summed E-state index contributed by atoms with van der Waals surface area (Å²) in [5, 5.41) is 0. The molecule has 1 aromatic carbocycles. The monoisotopic (exact) mass is 406 g/mol. The van der Waals surface area contributed by atoms with Crippen molar-refractivity contribution in [3.63, 3.8) is 0 Å². The van der Waals surface area contributed by atoms with Gasteiger partial charge in [-0.15, -0.1) is 0 Å². The predicted octanol–water partition coefficient (Wildman–Crippen LogP) is 6.18. The fraction of sp³-hybridized carbons (Fsp3) is 0.211. The van der Waals surface area contributed by atoms with Crippen molar-refractivity contribution < 1.29 is 13.2 Å². The van der Waals surface area contributed by atoms with Gasteiger partial charge in [0.15, 0.2) is 0 Å². The Labute approximate surface area is 151 Å². The third kappa shape index (κ3) is 3.11. The van der Waals surface area contributed by atoms with Crippen molar-refractivity contribution in [2.45, 2.75) is 25.1 Å². The van der Waals surface area contributed by atoms with Crippen LogP contribution in [0.2, 0.25) is 0 Å². The molecule has 1 fully saturated rings. The van der Waals surface area contributed by atoms with Crippen molar-refractivity contribution >= 4 is 32.5 Å². The highest BCUT2D eigenvalue weighted by molar-refractivity contribution is 9.11. The maximum absolute atomic E-state index is 13.0. The van der Waals surface area contributed by atoms with Gasteiger partial charge >= 0.3 is 6.18 Å². The van der Waals surface area contributed by atoms with Crippen molar-refractivity contribution in [1.29, 1.82) is 0 Å². The van der Waals surface area contributed by atoms with E-state index < -0.39 is 11.7 Å². The summed E-state index contributed by atoms with van der Waals surface area (Å²) in [6, 6.07) is 4.07. The Morgan fingerprint density at radius 1 is 1.16 bits per heavy atom. The van der Waals surface area contributed by atoms with E-state index in [1.54, 1.807) is 0 Å². The van der Waals surface area contributed by atoms with Gasteiger partial charge in [-0.05, 0) is 48.8 Å². The molecule has 1 heterocycles. The number of hydrogen-bond donors (Lipinski definition) is 0. The molecule has 2 aromatic rings. The highest BCUT2D eigenvalue weighted by Gasteiger charge is 2.33. The summed E-state index contributed by atoms with van der Waals surface area (Å²) < 4.78 is 42.0. The molecule has 1 aromatic heterocycles. The molecule has 0 radical (unpaired) electrons. The Hall–Kier alpha value is -2.08. The Morgan fingerprint density at radius 3 is 2.60 bits per heavy atom. The van der Waals surface area contributed by atoms with E-state index in [1.165, 1.54) is 6.07 Å². The molecule has 2 nitrogen and oxygen atoms in total. The second-order valence-corrected chi connectivity index (χ2v) is 7.19. The number of imidazole rings is 1. The Kier molecular flexibility index (Phi) is 3.76. The number of alkyl halides is 3. The van der Waals surface area contributed by atoms with E-state index in [0.29, 0.717) is 17.4 Å². The largest absolute Gasteiger partial charge is 0.416 e. The van der Waals surface area contributed by atoms with Crippen molar-refractivity contribution in [1.82, 2.24) is 9.55 Å². The standard InChI is InChI=1S/C19H14BrF3N2/c1-11-2-3-12(9-14(20)8-11)18-24-16-10-13(19(21,22)23)4-7-17(16)25(18)15-5-6-15/h2-4,7-10,15H,1,5-6H2. The third-order valence-corrected chi connectivity index (χ3v) is 4.74. The smallest absolute Gasteiger partial charge is 0.321 e. The first kappa shape index (κ1) is 16.4. The van der Waals surface area contributed by atoms with Gasteiger partial charge in [-0.1, -0.05) is 34.7 Å². The predicted molar refractivity (Wildman–Crippen MR) is 96.3 cm³/mol. The van der Waals surface area contributed by atoms with Gasteiger partial charge < -0.3 is 4.57 Å². The van der Waals surface area contributed by atoms with Crippen molar-refractivity contribution in [3.8, 4) is 0 Å². The minimum atomic E-state index is -4.37. The molecule has 2 aliphatic carbocycles. The Balaban J connectivity index is 1.92. The van der Waals surface area contributed by atoms with E-state index in [2.05, 4.69) is 32.1 Å². The van der Waals surface area contributed by atoms with Gasteiger partial charge in [0, 0.05) is 16.1 Å². The Morgan fingerprint density at radius 2 is 1.92 bits per heavy atom. The minimum absolute atomic E-state index is 0.292. The molecule has 0 spiro atoms. The molecule has 1 saturated carbocycles. The molecule has 0 saturated heterocycles. The average molecular weight is 407 g/mol. The second-order valence-electron chi connectivity index (χ2n) is 6.27. The lowest BCUT2D eigenvalue weighted by molar-refractivity contribution is -0.137. The van der Waals surface area contributed by atoms with Crippen molar-refractivity contribution in [2.24, 2.45) is 0 Å². The molecule has 4 rings (SSSR count). The summed E-state index contributed by atoms with van der Waals surface area (Å²) in [5.74, 6) is 0.688. The number of nitrogens with zero attached hydrogens (tertiary/aromatic N) is 2. The van der Waals surface area contributed by atoms with Crippen LogP contribution < -0.4 is 0 Å². The number of rotatable bonds is 2. The molecule has 2 aliphatic rings. The lowest BCUT2D eigenvalue weighted by Crippen LogP contribution is -2.04. The molecule has 0 aliphatic heterocycles. The number of allylic oxidation sites excluding steroid dienone is 7. The fourth-order valence-electron chi connectivity index (χ4n) is 2.98. The molecular formula is C19H14BrF3N2. The molecule has 0 unspecified atom stereocenters. The van der Waals surface area contributed by atoms with Crippen LogP contribution in [0.1, 0.15) is 30.3 Å². The van der Waals surface area contributed by atoms with Gasteiger partial charge in [0.1, 0.15) is 5.82 Å². The van der Waals surface area contributed by atoms with Crippen LogP contribution >= 0.6 is 15.9 Å². The van der Waals surface area contributed by atoms with E-state index in [4.69, 9.17) is 0 Å². The maximum atomic E-state index is 13.0. The second kappa shape index (κ2) is 5.73. The van der Waals surface area contributed by atoms with Crippen LogP contribution in [0.15, 0.2) is 59.1 Å². The van der Waals surface area contributed by atoms with E-state index in [-0.39, 0.29) is 0 Å². The summed E-state index contributed by atoms with van der Waals surface area (Å²) in [7, 11) is 0. The number of halogens is 4. The topological polar surface area (TPSA) is 17.8 Å². The summed E-state index contributed by atoms with van der Waals surface area (Å²) in [6.07, 6.45) is 5.23. The van der Waals surface area contributed by atoms with Gasteiger partial charge in [-0.25, -0.2) is 4.98 Å². The minimum Gasteiger partial charge on any atom is -0.321 e. The molecule has 0 atom stereocenters. The number of fused-ring (bicyclic) bond motifs is 1. The van der Waals surface area contributed by atoms with E-state index in [0.717, 1.165) is 46.1 Å². The van der Waals surface area contributed by atoms with E-state index in [9.17, 15) is 13.2 Å². The molecule has 0 N–H and O–H groups in total. The normalized spacial score (nSPS) is 18.3. The van der Waals surface area contributed by atoms with Crippen LogP contribution in [0.25, 0.3) is 16.6 Å². The lowest BCUT2D eigenvalue weighted by Gasteiger charge is -2.09. The first-order chi connectivity index (χ1) is 11.8. The van der Waals surface area contributed by atoms with Crippen LogP contribution in [0.3, 0.4) is 0 Å². The summed E-state index contributed by atoms with van der Waals surface area (Å²) in [6.45, 7) is 3.93.